The van der Waals surface area contributed by atoms with Crippen molar-refractivity contribution in [1.29, 1.82) is 0 Å². The Bertz CT molecular complexity index is 1200. The van der Waals surface area contributed by atoms with Gasteiger partial charge in [0.2, 0.25) is 0 Å². The summed E-state index contributed by atoms with van der Waals surface area (Å²) in [6, 6.07) is 0. The lowest BCUT2D eigenvalue weighted by atomic mass is 10.1. The fraction of sp³-hybridized carbons (Fsp3) is 0.800. The summed E-state index contributed by atoms with van der Waals surface area (Å²) >= 11 is 0. The molecular weight excluding hydrogens is 615 g/mol. The summed E-state index contributed by atoms with van der Waals surface area (Å²) in [5, 5.41) is 44.8. The maximum Gasteiger partial charge on any atom is 0.481 e. The molecule has 4 heterocycles. The molecule has 3 aliphatic rings. The molecular formula is C15H28N5O17P3. The first-order chi connectivity index (χ1) is 18.5. The van der Waals surface area contributed by atoms with E-state index in [1.165, 1.54) is 10.9 Å². The molecule has 2 unspecified atom stereocenters. The van der Waals surface area contributed by atoms with Gasteiger partial charge in [0, 0.05) is 0 Å². The van der Waals surface area contributed by atoms with Crippen LogP contribution in [-0.2, 0) is 41.1 Å². The molecule has 25 heteroatoms. The second-order valence-electron chi connectivity index (χ2n) is 8.69. The maximum absolute atomic E-state index is 12.3. The van der Waals surface area contributed by atoms with Gasteiger partial charge in [0.25, 0.3) is 0 Å². The van der Waals surface area contributed by atoms with Crippen molar-refractivity contribution in [3.8, 4) is 0 Å². The molecule has 3 aliphatic heterocycles. The molecule has 2 saturated heterocycles. The summed E-state index contributed by atoms with van der Waals surface area (Å²) in [7, 11) is -16.0. The monoisotopic (exact) mass is 643 g/mol. The molecule has 1 aromatic heterocycles. The number of aliphatic hydroxyl groups is 4. The Labute approximate surface area is 224 Å². The van der Waals surface area contributed by atoms with Crippen LogP contribution >= 0.6 is 23.5 Å². The van der Waals surface area contributed by atoms with Crippen LogP contribution in [0.5, 0.6) is 0 Å². The van der Waals surface area contributed by atoms with Gasteiger partial charge in [-0.1, -0.05) is 0 Å². The Balaban J connectivity index is 1.40. The first-order valence-corrected chi connectivity index (χ1v) is 15.7. The van der Waals surface area contributed by atoms with Gasteiger partial charge in [-0.15, -0.1) is 0 Å². The van der Waals surface area contributed by atoms with Crippen LogP contribution in [0.3, 0.4) is 0 Å². The van der Waals surface area contributed by atoms with E-state index < -0.39 is 92.0 Å². The highest BCUT2D eigenvalue weighted by atomic mass is 31.3. The zero-order chi connectivity index (χ0) is 29.6. The molecule has 0 saturated carbocycles. The second-order valence-corrected chi connectivity index (χ2v) is 12.9. The highest BCUT2D eigenvalue weighted by Gasteiger charge is 2.51. The van der Waals surface area contributed by atoms with Crippen molar-refractivity contribution in [3.63, 3.8) is 0 Å². The average molecular weight is 643 g/mol. The quantitative estimate of drug-likeness (QED) is 0.103. The largest absolute Gasteiger partial charge is 0.481 e. The summed E-state index contributed by atoms with van der Waals surface area (Å²) in [5.41, 5.74) is 6.21. The topological polar surface area (TPSA) is 336 Å². The van der Waals surface area contributed by atoms with Crippen molar-refractivity contribution in [2.24, 2.45) is 5.73 Å². The summed E-state index contributed by atoms with van der Waals surface area (Å²) in [4.78, 5) is 42.4. The van der Waals surface area contributed by atoms with Gasteiger partial charge in [-0.25, -0.2) is 18.7 Å². The smallest absolute Gasteiger partial charge is 0.387 e. The highest BCUT2D eigenvalue weighted by Crippen LogP contribution is 2.61. The van der Waals surface area contributed by atoms with Crippen molar-refractivity contribution in [2.75, 3.05) is 25.2 Å². The number of imidazole rings is 1. The van der Waals surface area contributed by atoms with Gasteiger partial charge in [-0.2, -0.15) is 4.31 Å². The number of aromatic nitrogens is 2. The number of nitrogens with one attached hydrogen (secondary N) is 2. The number of phosphoric acid groups is 3. The van der Waals surface area contributed by atoms with E-state index in [1.54, 1.807) is 0 Å². The number of rotatable bonds is 11. The Morgan fingerprint density at radius 3 is 2.12 bits per heavy atom. The van der Waals surface area contributed by atoms with Gasteiger partial charge in [0.05, 0.1) is 26.2 Å². The Morgan fingerprint density at radius 2 is 1.57 bits per heavy atom. The molecule has 230 valence electrons. The van der Waals surface area contributed by atoms with Gasteiger partial charge < -0.3 is 60.5 Å². The summed E-state index contributed by atoms with van der Waals surface area (Å²) in [6.45, 7) is -1.81. The van der Waals surface area contributed by atoms with Gasteiger partial charge in [0.15, 0.2) is 12.5 Å². The van der Waals surface area contributed by atoms with Gasteiger partial charge in [0.1, 0.15) is 54.3 Å². The first-order valence-electron chi connectivity index (χ1n) is 11.2. The predicted molar refractivity (Wildman–Crippen MR) is 123 cm³/mol. The van der Waals surface area contributed by atoms with Crippen LogP contribution in [0.4, 0.5) is 5.82 Å². The fourth-order valence-corrected chi connectivity index (χ4v) is 6.69. The zero-order valence-corrected chi connectivity index (χ0v) is 22.6. The van der Waals surface area contributed by atoms with Crippen molar-refractivity contribution < 1.29 is 81.1 Å². The summed E-state index contributed by atoms with van der Waals surface area (Å²) < 4.78 is 65.4. The molecule has 4 rings (SSSR count). The van der Waals surface area contributed by atoms with E-state index in [4.69, 9.17) is 19.7 Å². The third-order valence-electron chi connectivity index (χ3n) is 5.89. The minimum atomic E-state index is -5.44. The number of fused-ring (bicyclic) bond motifs is 1. The number of phosphoric ester groups is 3. The number of nitrogens with zero attached hydrogens (tertiary/aromatic N) is 2. The third kappa shape index (κ3) is 7.33. The van der Waals surface area contributed by atoms with Crippen molar-refractivity contribution in [3.05, 3.63) is 12.0 Å². The second kappa shape index (κ2) is 12.0. The normalized spacial score (nSPS) is 37.5. The van der Waals surface area contributed by atoms with Gasteiger partial charge in [-0.05, 0) is 0 Å². The minimum absolute atomic E-state index is 0.174. The van der Waals surface area contributed by atoms with Crippen LogP contribution < -0.4 is 16.4 Å². The SMILES string of the molecule is N[C@@H]1NCNc2c1ncn2[C@@H]1O[C@H](COP(=O)(O)OP(=O)(O)OC[C@H]2O[C@@H](O)[C@H](O)[C@@H]2O)[C@@H](O)[C@H]1OP(=O)(O)O. The maximum atomic E-state index is 12.3. The number of hydrogen-bond acceptors (Lipinski definition) is 17. The Hall–Kier alpha value is -0.940. The van der Waals surface area contributed by atoms with E-state index in [2.05, 4.69) is 29.0 Å². The number of aliphatic hydroxyl groups excluding tert-OH is 4. The number of ether oxygens (including phenoxy) is 2. The lowest BCUT2D eigenvalue weighted by Gasteiger charge is -2.26. The molecule has 0 bridgehead atoms. The van der Waals surface area contributed by atoms with Crippen LogP contribution in [0.1, 0.15) is 18.1 Å². The number of hydrogen-bond donors (Lipinski definition) is 11. The third-order valence-corrected chi connectivity index (χ3v) is 9.01. The summed E-state index contributed by atoms with van der Waals surface area (Å²) in [6.07, 6.45) is -13.0. The van der Waals surface area contributed by atoms with Crippen LogP contribution in [0.2, 0.25) is 0 Å². The molecule has 2 fully saturated rings. The highest BCUT2D eigenvalue weighted by molar-refractivity contribution is 7.61. The molecule has 0 radical (unpaired) electrons. The van der Waals surface area contributed by atoms with E-state index in [-0.39, 0.29) is 12.5 Å². The summed E-state index contributed by atoms with van der Waals surface area (Å²) in [5.74, 6) is 0.259. The number of anilines is 1. The first kappa shape index (κ1) is 32.0. The lowest BCUT2D eigenvalue weighted by molar-refractivity contribution is -0.132. The molecule has 1 aromatic rings. The number of nitrogens with two attached hydrogens (primary N) is 1. The van der Waals surface area contributed by atoms with Crippen LogP contribution in [-0.4, -0.2) is 112 Å². The van der Waals surface area contributed by atoms with Crippen LogP contribution in [0, 0.1) is 0 Å². The molecule has 0 amide bonds. The fourth-order valence-electron chi connectivity index (χ4n) is 4.05. The van der Waals surface area contributed by atoms with Crippen molar-refractivity contribution >= 4 is 29.3 Å². The van der Waals surface area contributed by atoms with E-state index in [9.17, 15) is 53.7 Å². The minimum Gasteiger partial charge on any atom is -0.387 e. The van der Waals surface area contributed by atoms with Gasteiger partial charge >= 0.3 is 23.5 Å². The standard InChI is InChI=1S/C15H28N5O17P3/c16-12-7-13(18-3-17-12)20(4-19-7)14-11(36-38(25,26)27)9(22)6(34-14)2-33-40(30,31)37-39(28,29)32-1-5-8(21)10(23)15(24)35-5/h4-6,8-12,14-15,17-18,21-24H,1-3,16H2,(H,28,29)(H,30,31)(H2,25,26,27)/t5-,6-,8-,9-,10-,11-,12-,14-,15-/m1/s1. The van der Waals surface area contributed by atoms with Crippen molar-refractivity contribution in [2.45, 2.75) is 55.3 Å². The van der Waals surface area contributed by atoms with E-state index >= 15 is 0 Å². The molecule has 0 aliphatic carbocycles. The Morgan fingerprint density at radius 1 is 0.975 bits per heavy atom. The molecule has 0 aromatic carbocycles. The average Bonchev–Trinajstić information content (AvgIpc) is 3.47. The van der Waals surface area contributed by atoms with Crippen molar-refractivity contribution in [1.82, 2.24) is 14.9 Å². The van der Waals surface area contributed by atoms with E-state index in [0.29, 0.717) is 5.69 Å². The van der Waals surface area contributed by atoms with E-state index in [0.717, 1.165) is 0 Å². The molecule has 11 atom stereocenters. The molecule has 22 nitrogen and oxygen atoms in total. The molecule has 12 N–H and O–H groups in total. The van der Waals surface area contributed by atoms with Crippen LogP contribution in [0.15, 0.2) is 6.33 Å². The molecule has 40 heavy (non-hydrogen) atoms. The Kier molecular flexibility index (Phi) is 9.58. The van der Waals surface area contributed by atoms with Gasteiger partial charge in [-0.3, -0.25) is 23.5 Å². The van der Waals surface area contributed by atoms with Crippen LogP contribution in [0.25, 0.3) is 0 Å². The predicted octanol–water partition coefficient (Wildman–Crippen LogP) is -3.76. The zero-order valence-electron chi connectivity index (χ0n) is 20.0. The molecule has 0 spiro atoms. The lowest BCUT2D eigenvalue weighted by Crippen LogP contribution is -2.39. The van der Waals surface area contributed by atoms with E-state index in [1.807, 2.05) is 0 Å².